The molecule has 37 heavy (non-hydrogen) atoms. The molecule has 0 aromatic rings. The maximum atomic E-state index is 12.9. The summed E-state index contributed by atoms with van der Waals surface area (Å²) in [6, 6.07) is 0. The summed E-state index contributed by atoms with van der Waals surface area (Å²) in [5, 5.41) is 44.2. The van der Waals surface area contributed by atoms with E-state index < -0.39 is 72.0 Å². The fourth-order valence-electron chi connectivity index (χ4n) is 5.59. The second-order valence-corrected chi connectivity index (χ2v) is 9.93. The number of rotatable bonds is 8. The lowest BCUT2D eigenvalue weighted by atomic mass is 9.80. The van der Waals surface area contributed by atoms with Crippen molar-refractivity contribution in [1.29, 1.82) is 0 Å². The fourth-order valence-corrected chi connectivity index (χ4v) is 5.59. The molecular formula is C26H32O11. The molecule has 0 saturated heterocycles. The van der Waals surface area contributed by atoms with Gasteiger partial charge >= 0.3 is 23.9 Å². The molecule has 0 unspecified atom stereocenters. The number of esters is 4. The van der Waals surface area contributed by atoms with Crippen molar-refractivity contribution in [2.75, 3.05) is 0 Å². The molecule has 0 bridgehead atoms. The van der Waals surface area contributed by atoms with Crippen LogP contribution in [-0.4, -0.2) is 75.0 Å². The average Bonchev–Trinajstić information content (AvgIpc) is 3.30. The van der Waals surface area contributed by atoms with E-state index in [1.807, 2.05) is 6.92 Å². The van der Waals surface area contributed by atoms with Crippen LogP contribution >= 0.6 is 0 Å². The second kappa shape index (κ2) is 11.3. The number of aliphatic hydroxyl groups excluding tert-OH is 4. The van der Waals surface area contributed by atoms with Crippen molar-refractivity contribution in [1.82, 2.24) is 0 Å². The van der Waals surface area contributed by atoms with Crippen LogP contribution in [0.3, 0.4) is 0 Å². The van der Waals surface area contributed by atoms with Crippen LogP contribution in [0.5, 0.6) is 0 Å². The molecule has 7 atom stereocenters. The molecule has 202 valence electrons. The molecule has 0 amide bonds. The second-order valence-electron chi connectivity index (χ2n) is 9.93. The minimum absolute atomic E-state index is 0.0328. The summed E-state index contributed by atoms with van der Waals surface area (Å²) in [5.41, 5.74) is -0.748. The van der Waals surface area contributed by atoms with Crippen molar-refractivity contribution < 1.29 is 53.8 Å². The Hall–Kier alpha value is -2.86. The number of carbonyl (C=O) groups is 4. The Morgan fingerprint density at radius 3 is 2.41 bits per heavy atom. The molecule has 4 aliphatic rings. The van der Waals surface area contributed by atoms with Crippen LogP contribution < -0.4 is 0 Å². The van der Waals surface area contributed by atoms with Crippen LogP contribution in [-0.2, 0) is 33.4 Å². The smallest absolute Gasteiger partial charge is 0.345 e. The Kier molecular flexibility index (Phi) is 8.27. The molecule has 0 saturated carbocycles. The van der Waals surface area contributed by atoms with Gasteiger partial charge in [-0.2, -0.15) is 0 Å². The summed E-state index contributed by atoms with van der Waals surface area (Å²) in [6.45, 7) is 2.03. The van der Waals surface area contributed by atoms with E-state index in [1.54, 1.807) is 0 Å². The zero-order valence-electron chi connectivity index (χ0n) is 20.5. The van der Waals surface area contributed by atoms with Crippen molar-refractivity contribution in [2.45, 2.75) is 89.0 Å². The van der Waals surface area contributed by atoms with E-state index in [2.05, 4.69) is 0 Å². The molecular weight excluding hydrogens is 488 g/mol. The lowest BCUT2D eigenvalue weighted by Crippen LogP contribution is -2.39. The lowest BCUT2D eigenvalue weighted by Gasteiger charge is -2.31. The van der Waals surface area contributed by atoms with Crippen LogP contribution in [0.4, 0.5) is 0 Å². The van der Waals surface area contributed by atoms with E-state index in [0.29, 0.717) is 6.42 Å². The Morgan fingerprint density at radius 1 is 0.946 bits per heavy atom. The Balaban J connectivity index is 1.77. The van der Waals surface area contributed by atoms with Gasteiger partial charge in [0.15, 0.2) is 0 Å². The van der Waals surface area contributed by atoms with Gasteiger partial charge in [0, 0.05) is 24.0 Å². The average molecular weight is 521 g/mol. The molecule has 11 heteroatoms. The van der Waals surface area contributed by atoms with E-state index in [-0.39, 0.29) is 42.4 Å². The van der Waals surface area contributed by atoms with Crippen molar-refractivity contribution in [3.8, 4) is 0 Å². The van der Waals surface area contributed by atoms with Gasteiger partial charge in [0.1, 0.15) is 6.10 Å². The lowest BCUT2D eigenvalue weighted by molar-refractivity contribution is -0.155. The molecule has 11 nitrogen and oxygen atoms in total. The predicted octanol–water partition coefficient (Wildman–Crippen LogP) is 0.489. The minimum Gasteiger partial charge on any atom is -0.456 e. The van der Waals surface area contributed by atoms with E-state index in [4.69, 9.17) is 14.2 Å². The summed E-state index contributed by atoms with van der Waals surface area (Å²) in [4.78, 5) is 49.9. The van der Waals surface area contributed by atoms with Gasteiger partial charge < -0.3 is 34.6 Å². The van der Waals surface area contributed by atoms with Gasteiger partial charge in [-0.3, -0.25) is 0 Å². The summed E-state index contributed by atoms with van der Waals surface area (Å²) in [5.74, 6) is -6.05. The summed E-state index contributed by atoms with van der Waals surface area (Å²) >= 11 is 0. The molecule has 0 aromatic carbocycles. The number of ether oxygens (including phenoxy) is 3. The third-order valence-corrected chi connectivity index (χ3v) is 7.50. The van der Waals surface area contributed by atoms with Crippen molar-refractivity contribution in [3.05, 3.63) is 34.4 Å². The molecule has 3 aliphatic heterocycles. The maximum Gasteiger partial charge on any atom is 0.345 e. The van der Waals surface area contributed by atoms with Crippen LogP contribution in [0.15, 0.2) is 34.4 Å². The largest absolute Gasteiger partial charge is 0.456 e. The van der Waals surface area contributed by atoms with Gasteiger partial charge in [0.05, 0.1) is 35.0 Å². The van der Waals surface area contributed by atoms with Gasteiger partial charge in [-0.25, -0.2) is 19.2 Å². The maximum absolute atomic E-state index is 12.9. The first-order chi connectivity index (χ1) is 17.6. The zero-order valence-corrected chi connectivity index (χ0v) is 20.5. The van der Waals surface area contributed by atoms with Gasteiger partial charge in [0.25, 0.3) is 0 Å². The van der Waals surface area contributed by atoms with Gasteiger partial charge in [-0.15, -0.1) is 0 Å². The molecule has 4 rings (SSSR count). The topological polar surface area (TPSA) is 177 Å². The predicted molar refractivity (Wildman–Crippen MR) is 124 cm³/mol. The highest BCUT2D eigenvalue weighted by atomic mass is 16.6. The standard InChI is InChI=1S/C26H32O11/c1-2-3-4-5-7-15(27)20-18-13(23(31)36-25(18)33)10-12(21(29)16-8-6-9-17(28)35-16)11-14-19(22(20)30)26(34)37-24(14)32/h6,9,12,15-16,20-23,27,29-31H,2-5,7-8,10-11H2,1H3/t12-,15-,16+,20-,21+,22+,23+/m0/s1. The Labute approximate surface area is 213 Å². The van der Waals surface area contributed by atoms with Gasteiger partial charge in [-0.05, 0) is 25.2 Å². The number of hydrogen-bond donors (Lipinski definition) is 4. The Morgan fingerprint density at radius 2 is 1.70 bits per heavy atom. The monoisotopic (exact) mass is 520 g/mol. The molecule has 0 aromatic heterocycles. The number of cyclic esters (lactones) is 4. The third-order valence-electron chi connectivity index (χ3n) is 7.50. The quantitative estimate of drug-likeness (QED) is 0.152. The molecule has 0 fully saturated rings. The van der Waals surface area contributed by atoms with Gasteiger partial charge in [-0.1, -0.05) is 38.7 Å². The van der Waals surface area contributed by atoms with E-state index in [1.165, 1.54) is 12.2 Å². The molecule has 1 aliphatic carbocycles. The van der Waals surface area contributed by atoms with Crippen LogP contribution in [0.2, 0.25) is 0 Å². The van der Waals surface area contributed by atoms with Crippen molar-refractivity contribution in [3.63, 3.8) is 0 Å². The van der Waals surface area contributed by atoms with Crippen LogP contribution in [0.25, 0.3) is 0 Å². The highest BCUT2D eigenvalue weighted by molar-refractivity contribution is 6.13. The molecule has 4 N–H and O–H groups in total. The first-order valence-corrected chi connectivity index (χ1v) is 12.7. The highest BCUT2D eigenvalue weighted by Crippen LogP contribution is 2.44. The van der Waals surface area contributed by atoms with E-state index >= 15 is 0 Å². The molecule has 0 spiro atoms. The third kappa shape index (κ3) is 5.40. The zero-order chi connectivity index (χ0) is 26.9. The first-order valence-electron chi connectivity index (χ1n) is 12.7. The molecule has 0 radical (unpaired) electrons. The number of hydrogen-bond acceptors (Lipinski definition) is 11. The number of aliphatic hydroxyl groups is 4. The SMILES string of the molecule is CCCCCC[C@H](O)[C@H]1C2=C(C[C@H]([C@@H](O)[C@H]3CC=CC(=O)O3)CC3=C(C(=O)OC3=O)[C@H]1O)[C@H](O)OC2=O. The van der Waals surface area contributed by atoms with Crippen molar-refractivity contribution >= 4 is 23.9 Å². The minimum atomic E-state index is -1.80. The summed E-state index contributed by atoms with van der Waals surface area (Å²) in [6.07, 6.45) is -1.25. The normalized spacial score (nSPS) is 31.6. The first kappa shape index (κ1) is 27.2. The summed E-state index contributed by atoms with van der Waals surface area (Å²) < 4.78 is 15.0. The molecule has 3 heterocycles. The fraction of sp³-hybridized carbons (Fsp3) is 0.615. The van der Waals surface area contributed by atoms with Crippen molar-refractivity contribution in [2.24, 2.45) is 11.8 Å². The van der Waals surface area contributed by atoms with Gasteiger partial charge in [0.2, 0.25) is 6.29 Å². The number of unbranched alkanes of at least 4 members (excludes halogenated alkanes) is 3. The Bertz CT molecular complexity index is 1050. The number of carbonyl (C=O) groups excluding carboxylic acids is 4. The van der Waals surface area contributed by atoms with Crippen LogP contribution in [0.1, 0.15) is 58.3 Å². The summed E-state index contributed by atoms with van der Waals surface area (Å²) in [7, 11) is 0. The van der Waals surface area contributed by atoms with E-state index in [0.717, 1.165) is 19.3 Å². The highest BCUT2D eigenvalue weighted by Gasteiger charge is 2.51. The van der Waals surface area contributed by atoms with Crippen LogP contribution in [0, 0.1) is 11.8 Å². The van der Waals surface area contributed by atoms with E-state index in [9.17, 15) is 39.6 Å².